The van der Waals surface area contributed by atoms with E-state index >= 15 is 0 Å². The number of fused-ring (bicyclic) bond motifs is 1. The molecule has 0 aliphatic rings. The zero-order chi connectivity index (χ0) is 13.9. The van der Waals surface area contributed by atoms with E-state index in [0.717, 1.165) is 22.9 Å². The van der Waals surface area contributed by atoms with Gasteiger partial charge in [-0.3, -0.25) is 0 Å². The van der Waals surface area contributed by atoms with E-state index in [1.165, 1.54) is 6.26 Å². The Morgan fingerprint density at radius 1 is 1.11 bits per heavy atom. The highest BCUT2D eigenvalue weighted by molar-refractivity contribution is 7.90. The van der Waals surface area contributed by atoms with Crippen LogP contribution >= 0.6 is 0 Å². The van der Waals surface area contributed by atoms with Crippen molar-refractivity contribution >= 4 is 20.6 Å². The van der Waals surface area contributed by atoms with E-state index in [4.69, 9.17) is 0 Å². The second-order valence-electron chi connectivity index (χ2n) is 4.77. The third-order valence-corrected chi connectivity index (χ3v) is 4.06. The summed E-state index contributed by atoms with van der Waals surface area (Å²) in [6.07, 6.45) is 1.28. The summed E-state index contributed by atoms with van der Waals surface area (Å²) in [6.45, 7) is 2.73. The molecule has 0 bridgehead atoms. The summed E-state index contributed by atoms with van der Waals surface area (Å²) in [5, 5.41) is 5.51. The molecule has 0 aliphatic heterocycles. The number of sulfone groups is 1. The van der Waals surface area contributed by atoms with E-state index in [1.807, 2.05) is 49.4 Å². The molecule has 0 radical (unpaired) electrons. The van der Waals surface area contributed by atoms with Gasteiger partial charge in [0.15, 0.2) is 0 Å². The summed E-state index contributed by atoms with van der Waals surface area (Å²) in [5.74, 6) is 0.120. The molecule has 0 aliphatic carbocycles. The summed E-state index contributed by atoms with van der Waals surface area (Å²) in [7, 11) is -3.02. The summed E-state index contributed by atoms with van der Waals surface area (Å²) in [5.41, 5.74) is 1.05. The maximum absolute atomic E-state index is 11.6. The van der Waals surface area contributed by atoms with Crippen LogP contribution in [0, 0.1) is 0 Å². The molecule has 2 aromatic rings. The largest absolute Gasteiger partial charge is 0.309 e. The molecule has 2 rings (SSSR count). The fourth-order valence-corrected chi connectivity index (χ4v) is 3.27. The standard InChI is InChI=1S/C15H19NO2S/c1-3-16-15(11-19(2,17)18)14-10-6-8-12-7-4-5-9-13(12)14/h4-10,15-16H,3,11H2,1-2H3. The molecule has 102 valence electrons. The van der Waals surface area contributed by atoms with Crippen molar-refractivity contribution in [3.63, 3.8) is 0 Å². The van der Waals surface area contributed by atoms with Crippen LogP contribution in [-0.4, -0.2) is 27.0 Å². The van der Waals surface area contributed by atoms with Crippen LogP contribution in [0.5, 0.6) is 0 Å². The van der Waals surface area contributed by atoms with Gasteiger partial charge < -0.3 is 5.32 Å². The fraction of sp³-hybridized carbons (Fsp3) is 0.333. The van der Waals surface area contributed by atoms with Gasteiger partial charge in [0.05, 0.1) is 5.75 Å². The van der Waals surface area contributed by atoms with Gasteiger partial charge in [-0.2, -0.15) is 0 Å². The van der Waals surface area contributed by atoms with Crippen molar-refractivity contribution in [3.8, 4) is 0 Å². The van der Waals surface area contributed by atoms with Crippen molar-refractivity contribution in [2.45, 2.75) is 13.0 Å². The summed E-state index contributed by atoms with van der Waals surface area (Å²) in [4.78, 5) is 0. The third-order valence-electron chi connectivity index (χ3n) is 3.12. The van der Waals surface area contributed by atoms with E-state index in [9.17, 15) is 8.42 Å². The van der Waals surface area contributed by atoms with E-state index < -0.39 is 9.84 Å². The number of rotatable bonds is 5. The second-order valence-corrected chi connectivity index (χ2v) is 6.96. The lowest BCUT2D eigenvalue weighted by Crippen LogP contribution is -2.27. The van der Waals surface area contributed by atoms with Crippen LogP contribution in [0.4, 0.5) is 0 Å². The maximum Gasteiger partial charge on any atom is 0.149 e. The first-order valence-electron chi connectivity index (χ1n) is 6.40. The van der Waals surface area contributed by atoms with Crippen molar-refractivity contribution in [1.82, 2.24) is 5.32 Å². The summed E-state index contributed by atoms with van der Waals surface area (Å²) >= 11 is 0. The Morgan fingerprint density at radius 2 is 1.79 bits per heavy atom. The fourth-order valence-electron chi connectivity index (χ4n) is 2.36. The molecule has 0 heterocycles. The van der Waals surface area contributed by atoms with Gasteiger partial charge in [0, 0.05) is 12.3 Å². The lowest BCUT2D eigenvalue weighted by Gasteiger charge is -2.19. The Hall–Kier alpha value is -1.39. The third kappa shape index (κ3) is 3.55. The van der Waals surface area contributed by atoms with E-state index in [2.05, 4.69) is 5.32 Å². The Kier molecular flexibility index (Phi) is 4.22. The molecule has 4 heteroatoms. The lowest BCUT2D eigenvalue weighted by molar-refractivity contribution is 0.565. The smallest absolute Gasteiger partial charge is 0.149 e. The van der Waals surface area contributed by atoms with Crippen molar-refractivity contribution in [3.05, 3.63) is 48.0 Å². The predicted octanol–water partition coefficient (Wildman–Crippen LogP) is 2.54. The van der Waals surface area contributed by atoms with E-state index in [1.54, 1.807) is 0 Å². The van der Waals surface area contributed by atoms with Crippen LogP contribution in [0.1, 0.15) is 18.5 Å². The number of nitrogens with one attached hydrogen (secondary N) is 1. The van der Waals surface area contributed by atoms with Crippen LogP contribution < -0.4 is 5.32 Å². The van der Waals surface area contributed by atoms with Crippen molar-refractivity contribution in [2.24, 2.45) is 0 Å². The number of hydrogen-bond donors (Lipinski definition) is 1. The van der Waals surface area contributed by atoms with Crippen molar-refractivity contribution in [1.29, 1.82) is 0 Å². The molecule has 0 fully saturated rings. The molecule has 0 spiro atoms. The van der Waals surface area contributed by atoms with Crippen LogP contribution in [0.25, 0.3) is 10.8 Å². The molecule has 2 aromatic carbocycles. The lowest BCUT2D eigenvalue weighted by atomic mass is 9.99. The van der Waals surface area contributed by atoms with Gasteiger partial charge in [0.1, 0.15) is 9.84 Å². The Labute approximate surface area is 114 Å². The van der Waals surface area contributed by atoms with Gasteiger partial charge in [-0.1, -0.05) is 49.4 Å². The molecule has 1 atom stereocenters. The first-order chi connectivity index (χ1) is 9.01. The molecule has 0 saturated carbocycles. The molecule has 0 amide bonds. The number of hydrogen-bond acceptors (Lipinski definition) is 3. The van der Waals surface area contributed by atoms with Gasteiger partial charge >= 0.3 is 0 Å². The maximum atomic E-state index is 11.6. The van der Waals surface area contributed by atoms with Gasteiger partial charge in [-0.25, -0.2) is 8.42 Å². The van der Waals surface area contributed by atoms with Crippen LogP contribution in [0.2, 0.25) is 0 Å². The molecule has 0 saturated heterocycles. The normalized spacial score (nSPS) is 13.6. The summed E-state index contributed by atoms with van der Waals surface area (Å²) < 4.78 is 23.2. The van der Waals surface area contributed by atoms with Gasteiger partial charge in [-0.15, -0.1) is 0 Å². The SMILES string of the molecule is CCNC(CS(C)(=O)=O)c1cccc2ccccc12. The minimum atomic E-state index is -3.02. The van der Waals surface area contributed by atoms with Crippen molar-refractivity contribution < 1.29 is 8.42 Å². The van der Waals surface area contributed by atoms with Gasteiger partial charge in [0.25, 0.3) is 0 Å². The zero-order valence-corrected chi connectivity index (χ0v) is 12.1. The molecule has 19 heavy (non-hydrogen) atoms. The molecular formula is C15H19NO2S. The Balaban J connectivity index is 2.49. The minimum Gasteiger partial charge on any atom is -0.309 e. The Bertz CT molecular complexity index is 659. The molecule has 0 aromatic heterocycles. The summed E-state index contributed by atoms with van der Waals surface area (Å²) in [6, 6.07) is 13.9. The average molecular weight is 277 g/mol. The highest BCUT2D eigenvalue weighted by Crippen LogP contribution is 2.25. The second kappa shape index (κ2) is 5.72. The molecule has 3 nitrogen and oxygen atoms in total. The molecular weight excluding hydrogens is 258 g/mol. The Morgan fingerprint density at radius 3 is 2.47 bits per heavy atom. The van der Waals surface area contributed by atoms with Crippen LogP contribution in [0.3, 0.4) is 0 Å². The monoisotopic (exact) mass is 277 g/mol. The van der Waals surface area contributed by atoms with Crippen molar-refractivity contribution in [2.75, 3.05) is 18.6 Å². The van der Waals surface area contributed by atoms with E-state index in [0.29, 0.717) is 0 Å². The van der Waals surface area contributed by atoms with Crippen LogP contribution in [0.15, 0.2) is 42.5 Å². The van der Waals surface area contributed by atoms with Gasteiger partial charge in [0.2, 0.25) is 0 Å². The zero-order valence-electron chi connectivity index (χ0n) is 11.3. The predicted molar refractivity (Wildman–Crippen MR) is 80.1 cm³/mol. The first kappa shape index (κ1) is 14.0. The van der Waals surface area contributed by atoms with E-state index in [-0.39, 0.29) is 11.8 Å². The minimum absolute atomic E-state index is 0.120. The highest BCUT2D eigenvalue weighted by Gasteiger charge is 2.18. The van der Waals surface area contributed by atoms with Gasteiger partial charge in [-0.05, 0) is 22.9 Å². The topological polar surface area (TPSA) is 46.2 Å². The number of benzene rings is 2. The first-order valence-corrected chi connectivity index (χ1v) is 8.46. The highest BCUT2D eigenvalue weighted by atomic mass is 32.2. The van der Waals surface area contributed by atoms with Crippen LogP contribution in [-0.2, 0) is 9.84 Å². The molecule has 1 unspecified atom stereocenters. The average Bonchev–Trinajstić information content (AvgIpc) is 2.36. The molecule has 1 N–H and O–H groups in total. The quantitative estimate of drug-likeness (QED) is 0.913.